The molecule has 4 heteroatoms. The highest BCUT2D eigenvalue weighted by Gasteiger charge is 2.02. The van der Waals surface area contributed by atoms with Crippen molar-refractivity contribution in [3.05, 3.63) is 69.2 Å². The van der Waals surface area contributed by atoms with Gasteiger partial charge in [0.25, 0.3) is 0 Å². The SMILES string of the molecule is Cc1ccc(Br)cc1NC(=O)/C=C/c1ccc(Cl)cc1. The van der Waals surface area contributed by atoms with E-state index in [1.165, 1.54) is 6.08 Å². The van der Waals surface area contributed by atoms with Crippen LogP contribution in [0.4, 0.5) is 5.69 Å². The lowest BCUT2D eigenvalue weighted by molar-refractivity contribution is -0.111. The van der Waals surface area contributed by atoms with Gasteiger partial charge in [-0.15, -0.1) is 0 Å². The molecule has 2 nitrogen and oxygen atoms in total. The number of nitrogens with one attached hydrogen (secondary N) is 1. The highest BCUT2D eigenvalue weighted by molar-refractivity contribution is 9.10. The second kappa shape index (κ2) is 6.73. The van der Waals surface area contributed by atoms with Crippen LogP contribution >= 0.6 is 27.5 Å². The molecule has 0 aromatic heterocycles. The summed E-state index contributed by atoms with van der Waals surface area (Å²) < 4.78 is 0.931. The van der Waals surface area contributed by atoms with Gasteiger partial charge in [0.2, 0.25) is 5.91 Å². The number of rotatable bonds is 3. The van der Waals surface area contributed by atoms with Crippen LogP contribution in [-0.2, 0) is 4.79 Å². The zero-order chi connectivity index (χ0) is 14.5. The van der Waals surface area contributed by atoms with Gasteiger partial charge in [-0.1, -0.05) is 45.7 Å². The molecule has 0 heterocycles. The van der Waals surface area contributed by atoms with E-state index in [2.05, 4.69) is 21.2 Å². The molecule has 1 amide bonds. The van der Waals surface area contributed by atoms with Crippen molar-refractivity contribution in [2.24, 2.45) is 0 Å². The van der Waals surface area contributed by atoms with E-state index in [0.29, 0.717) is 5.02 Å². The van der Waals surface area contributed by atoms with Gasteiger partial charge in [-0.2, -0.15) is 0 Å². The maximum absolute atomic E-state index is 11.9. The first-order valence-electron chi connectivity index (χ1n) is 6.05. The molecule has 2 aromatic carbocycles. The van der Waals surface area contributed by atoms with Gasteiger partial charge in [0.1, 0.15) is 0 Å². The Morgan fingerprint density at radius 1 is 1.20 bits per heavy atom. The Bertz CT molecular complexity index is 650. The lowest BCUT2D eigenvalue weighted by atomic mass is 10.2. The third-order valence-corrected chi connectivity index (χ3v) is 3.50. The van der Waals surface area contributed by atoms with E-state index in [1.807, 2.05) is 37.3 Å². The molecule has 0 bridgehead atoms. The van der Waals surface area contributed by atoms with Crippen LogP contribution in [0.3, 0.4) is 0 Å². The third-order valence-electron chi connectivity index (χ3n) is 2.75. The van der Waals surface area contributed by atoms with E-state index < -0.39 is 0 Å². The number of halogens is 2. The van der Waals surface area contributed by atoms with Crippen molar-refractivity contribution in [3.8, 4) is 0 Å². The van der Waals surface area contributed by atoms with Crippen molar-refractivity contribution in [3.63, 3.8) is 0 Å². The van der Waals surface area contributed by atoms with Crippen LogP contribution in [0.5, 0.6) is 0 Å². The van der Waals surface area contributed by atoms with Crippen LogP contribution in [0.1, 0.15) is 11.1 Å². The maximum atomic E-state index is 11.9. The van der Waals surface area contributed by atoms with Crippen molar-refractivity contribution in [1.82, 2.24) is 0 Å². The number of amides is 1. The highest BCUT2D eigenvalue weighted by Crippen LogP contribution is 2.20. The second-order valence-electron chi connectivity index (χ2n) is 4.33. The van der Waals surface area contributed by atoms with Crippen LogP contribution < -0.4 is 5.32 Å². The molecule has 0 unspecified atom stereocenters. The molecule has 0 radical (unpaired) electrons. The van der Waals surface area contributed by atoms with Crippen LogP contribution in [0.25, 0.3) is 6.08 Å². The first-order valence-corrected chi connectivity index (χ1v) is 7.22. The molecule has 0 spiro atoms. The van der Waals surface area contributed by atoms with E-state index >= 15 is 0 Å². The summed E-state index contributed by atoms with van der Waals surface area (Å²) >= 11 is 9.19. The average molecular weight is 351 g/mol. The largest absolute Gasteiger partial charge is 0.322 e. The van der Waals surface area contributed by atoms with Crippen LogP contribution in [0.15, 0.2) is 53.0 Å². The fraction of sp³-hybridized carbons (Fsp3) is 0.0625. The minimum atomic E-state index is -0.166. The summed E-state index contributed by atoms with van der Waals surface area (Å²) in [7, 11) is 0. The maximum Gasteiger partial charge on any atom is 0.248 e. The Hall–Kier alpha value is -1.58. The van der Waals surface area contributed by atoms with Gasteiger partial charge in [0, 0.05) is 21.3 Å². The van der Waals surface area contributed by atoms with Crippen molar-refractivity contribution < 1.29 is 4.79 Å². The van der Waals surface area contributed by atoms with E-state index in [1.54, 1.807) is 18.2 Å². The quantitative estimate of drug-likeness (QED) is 0.770. The molecule has 102 valence electrons. The minimum Gasteiger partial charge on any atom is -0.322 e. The van der Waals surface area contributed by atoms with Gasteiger partial charge in [-0.3, -0.25) is 4.79 Å². The number of hydrogen-bond donors (Lipinski definition) is 1. The molecule has 0 saturated carbocycles. The minimum absolute atomic E-state index is 0.166. The van der Waals surface area contributed by atoms with Crippen LogP contribution in [0.2, 0.25) is 5.02 Å². The van der Waals surface area contributed by atoms with Gasteiger partial charge >= 0.3 is 0 Å². The van der Waals surface area contributed by atoms with Gasteiger partial charge in [0.15, 0.2) is 0 Å². The zero-order valence-electron chi connectivity index (χ0n) is 10.9. The molecule has 0 aliphatic rings. The van der Waals surface area contributed by atoms with Gasteiger partial charge < -0.3 is 5.32 Å². The van der Waals surface area contributed by atoms with E-state index in [4.69, 9.17) is 11.6 Å². The van der Waals surface area contributed by atoms with Gasteiger partial charge in [0.05, 0.1) is 0 Å². The fourth-order valence-corrected chi connectivity index (χ4v) is 2.14. The average Bonchev–Trinajstić information content (AvgIpc) is 2.42. The molecular weight excluding hydrogens is 338 g/mol. The molecule has 1 N–H and O–H groups in total. The molecule has 0 atom stereocenters. The molecular formula is C16H13BrClNO. The Labute approximate surface area is 131 Å². The van der Waals surface area contributed by atoms with Crippen molar-refractivity contribution in [1.29, 1.82) is 0 Å². The Balaban J connectivity index is 2.05. The normalized spacial score (nSPS) is 10.8. The monoisotopic (exact) mass is 349 g/mol. The zero-order valence-corrected chi connectivity index (χ0v) is 13.2. The summed E-state index contributed by atoms with van der Waals surface area (Å²) in [5, 5.41) is 3.53. The number of anilines is 1. The summed E-state index contributed by atoms with van der Waals surface area (Å²) in [5.41, 5.74) is 2.74. The number of hydrogen-bond acceptors (Lipinski definition) is 1. The topological polar surface area (TPSA) is 29.1 Å². The number of aryl methyl sites for hydroxylation is 1. The van der Waals surface area contributed by atoms with Crippen LogP contribution in [0, 0.1) is 6.92 Å². The number of benzene rings is 2. The predicted octanol–water partition coefficient (Wildman–Crippen LogP) is 5.06. The molecule has 2 rings (SSSR count). The smallest absolute Gasteiger partial charge is 0.248 e. The first kappa shape index (κ1) is 14.8. The van der Waals surface area contributed by atoms with Gasteiger partial charge in [-0.05, 0) is 48.4 Å². The molecule has 0 fully saturated rings. The Morgan fingerprint density at radius 3 is 2.60 bits per heavy atom. The number of carbonyl (C=O) groups excluding carboxylic acids is 1. The number of carbonyl (C=O) groups is 1. The van der Waals surface area contributed by atoms with E-state index in [9.17, 15) is 4.79 Å². The summed E-state index contributed by atoms with van der Waals surface area (Å²) in [4.78, 5) is 11.9. The van der Waals surface area contributed by atoms with Crippen molar-refractivity contribution >= 4 is 45.2 Å². The molecule has 0 aliphatic heterocycles. The molecule has 2 aromatic rings. The van der Waals surface area contributed by atoms with E-state index in [-0.39, 0.29) is 5.91 Å². The summed E-state index contributed by atoms with van der Waals surface area (Å²) in [6, 6.07) is 13.1. The lowest BCUT2D eigenvalue weighted by Crippen LogP contribution is -2.08. The standard InChI is InChI=1S/C16H13BrClNO/c1-11-2-6-13(17)10-15(11)19-16(20)9-5-12-3-7-14(18)8-4-12/h2-10H,1H3,(H,19,20)/b9-5+. The Morgan fingerprint density at radius 2 is 1.90 bits per heavy atom. The van der Waals surface area contributed by atoms with Crippen molar-refractivity contribution in [2.75, 3.05) is 5.32 Å². The second-order valence-corrected chi connectivity index (χ2v) is 5.69. The third kappa shape index (κ3) is 4.22. The molecule has 0 saturated heterocycles. The summed E-state index contributed by atoms with van der Waals surface area (Å²) in [6.45, 7) is 1.95. The molecule has 0 aliphatic carbocycles. The van der Waals surface area contributed by atoms with Crippen molar-refractivity contribution in [2.45, 2.75) is 6.92 Å². The van der Waals surface area contributed by atoms with E-state index in [0.717, 1.165) is 21.3 Å². The highest BCUT2D eigenvalue weighted by atomic mass is 79.9. The molecule has 20 heavy (non-hydrogen) atoms. The predicted molar refractivity (Wildman–Crippen MR) is 88.0 cm³/mol. The van der Waals surface area contributed by atoms with Gasteiger partial charge in [-0.25, -0.2) is 0 Å². The van der Waals surface area contributed by atoms with Crippen LogP contribution in [-0.4, -0.2) is 5.91 Å². The summed E-state index contributed by atoms with van der Waals surface area (Å²) in [6.07, 6.45) is 3.25. The summed E-state index contributed by atoms with van der Waals surface area (Å²) in [5.74, 6) is -0.166. The first-order chi connectivity index (χ1) is 9.54. The fourth-order valence-electron chi connectivity index (χ4n) is 1.65. The lowest BCUT2D eigenvalue weighted by Gasteiger charge is -2.06. The Kier molecular flexibility index (Phi) is 4.99.